The van der Waals surface area contributed by atoms with Gasteiger partial charge in [-0.25, -0.2) is 4.98 Å². The molecule has 2 aromatic rings. The molecule has 31 heavy (non-hydrogen) atoms. The van der Waals surface area contributed by atoms with Crippen LogP contribution in [0.1, 0.15) is 35.3 Å². The Hall–Kier alpha value is -2.10. The summed E-state index contributed by atoms with van der Waals surface area (Å²) in [5.74, 6) is -0.0190. The summed E-state index contributed by atoms with van der Waals surface area (Å²) in [5.41, 5.74) is 0.704. The van der Waals surface area contributed by atoms with Crippen LogP contribution in [0, 0.1) is 0 Å². The van der Waals surface area contributed by atoms with E-state index < -0.39 is 11.7 Å². The first-order valence-corrected chi connectivity index (χ1v) is 11.0. The maximum absolute atomic E-state index is 13.0. The number of carbonyl (C=O) groups is 1. The second-order valence-corrected chi connectivity index (χ2v) is 8.82. The number of nitrogens with one attached hydrogen (secondary N) is 1. The molecule has 1 saturated heterocycles. The standard InChI is InChI=1S/C22H27F3N4OS/c1-15(2)28-8-10-29(11-9-28)21(30)16-4-5-19(17(12-16)14-26-3)31-20-13-18(6-7-27-20)22(23,24)25/h4-7,12-13,15,26H,8-11,14H2,1-3H3. The fraction of sp³-hybridized carbons (Fsp3) is 0.455. The molecule has 3 rings (SSSR count). The van der Waals surface area contributed by atoms with E-state index in [1.807, 2.05) is 11.0 Å². The number of aromatic nitrogens is 1. The number of hydrogen-bond donors (Lipinski definition) is 1. The summed E-state index contributed by atoms with van der Waals surface area (Å²) in [6.45, 7) is 7.85. The van der Waals surface area contributed by atoms with E-state index >= 15 is 0 Å². The van der Waals surface area contributed by atoms with E-state index in [0.717, 1.165) is 53.6 Å². The van der Waals surface area contributed by atoms with Gasteiger partial charge in [-0.3, -0.25) is 9.69 Å². The van der Waals surface area contributed by atoms with Crippen LogP contribution in [0.5, 0.6) is 0 Å². The molecule has 0 saturated carbocycles. The lowest BCUT2D eigenvalue weighted by molar-refractivity contribution is -0.137. The molecule has 1 aromatic carbocycles. The third kappa shape index (κ3) is 5.99. The van der Waals surface area contributed by atoms with Gasteiger partial charge in [0, 0.05) is 55.4 Å². The predicted molar refractivity (Wildman–Crippen MR) is 115 cm³/mol. The molecular weight excluding hydrogens is 425 g/mol. The van der Waals surface area contributed by atoms with E-state index in [1.54, 1.807) is 19.2 Å². The van der Waals surface area contributed by atoms with Gasteiger partial charge in [0.1, 0.15) is 5.03 Å². The summed E-state index contributed by atoms with van der Waals surface area (Å²) in [6.07, 6.45) is -3.25. The van der Waals surface area contributed by atoms with Gasteiger partial charge in [0.05, 0.1) is 5.56 Å². The average Bonchev–Trinajstić information content (AvgIpc) is 2.74. The molecule has 0 bridgehead atoms. The molecule has 0 unspecified atom stereocenters. The number of carbonyl (C=O) groups excluding carboxylic acids is 1. The van der Waals surface area contributed by atoms with Gasteiger partial charge in [-0.15, -0.1) is 0 Å². The Morgan fingerprint density at radius 3 is 2.48 bits per heavy atom. The Kier molecular flexibility index (Phi) is 7.61. The van der Waals surface area contributed by atoms with Gasteiger partial charge in [-0.2, -0.15) is 13.2 Å². The number of rotatable bonds is 6. The minimum atomic E-state index is -4.41. The SMILES string of the molecule is CNCc1cc(C(=O)N2CCN(C(C)C)CC2)ccc1Sc1cc(C(F)(F)F)ccn1. The van der Waals surface area contributed by atoms with Crippen molar-refractivity contribution >= 4 is 17.7 Å². The van der Waals surface area contributed by atoms with Crippen LogP contribution in [0.15, 0.2) is 46.5 Å². The third-order valence-electron chi connectivity index (χ3n) is 5.28. The van der Waals surface area contributed by atoms with Crippen molar-refractivity contribution in [2.75, 3.05) is 33.2 Å². The molecule has 5 nitrogen and oxygen atoms in total. The smallest absolute Gasteiger partial charge is 0.336 e. The summed E-state index contributed by atoms with van der Waals surface area (Å²) in [5, 5.41) is 3.32. The van der Waals surface area contributed by atoms with Gasteiger partial charge in [0.15, 0.2) is 0 Å². The van der Waals surface area contributed by atoms with Crippen LogP contribution in [0.3, 0.4) is 0 Å². The Bertz CT molecular complexity index is 912. The van der Waals surface area contributed by atoms with Crippen LogP contribution >= 0.6 is 11.8 Å². The number of nitrogens with zero attached hydrogens (tertiary/aromatic N) is 3. The number of amides is 1. The second-order valence-electron chi connectivity index (χ2n) is 7.76. The minimum absolute atomic E-state index is 0.0190. The molecule has 1 N–H and O–H groups in total. The normalized spacial score (nSPS) is 15.5. The molecule has 0 radical (unpaired) electrons. The molecule has 1 aliphatic heterocycles. The summed E-state index contributed by atoms with van der Waals surface area (Å²) in [4.78, 5) is 22.0. The fourth-order valence-corrected chi connectivity index (χ4v) is 4.44. The van der Waals surface area contributed by atoms with Gasteiger partial charge in [-0.1, -0.05) is 11.8 Å². The number of benzene rings is 1. The highest BCUT2D eigenvalue weighted by molar-refractivity contribution is 7.99. The van der Waals surface area contributed by atoms with Crippen molar-refractivity contribution in [1.82, 2.24) is 20.1 Å². The number of pyridine rings is 1. The zero-order valence-corrected chi connectivity index (χ0v) is 18.7. The largest absolute Gasteiger partial charge is 0.416 e. The predicted octanol–water partition coefficient (Wildman–Crippen LogP) is 4.14. The van der Waals surface area contributed by atoms with Crippen molar-refractivity contribution in [3.05, 3.63) is 53.2 Å². The summed E-state index contributed by atoms with van der Waals surface area (Å²) in [7, 11) is 1.79. The molecule has 1 aromatic heterocycles. The van der Waals surface area contributed by atoms with Crippen LogP contribution in [0.4, 0.5) is 13.2 Å². The molecule has 9 heteroatoms. The molecule has 1 fully saturated rings. The fourth-order valence-electron chi connectivity index (χ4n) is 3.52. The van der Waals surface area contributed by atoms with Crippen LogP contribution in [0.2, 0.25) is 0 Å². The first-order valence-electron chi connectivity index (χ1n) is 10.2. The molecule has 168 valence electrons. The van der Waals surface area contributed by atoms with E-state index in [-0.39, 0.29) is 10.9 Å². The summed E-state index contributed by atoms with van der Waals surface area (Å²) < 4.78 is 39.0. The van der Waals surface area contributed by atoms with Crippen molar-refractivity contribution in [2.24, 2.45) is 0 Å². The lowest BCUT2D eigenvalue weighted by Crippen LogP contribution is -2.50. The van der Waals surface area contributed by atoms with E-state index in [1.165, 1.54) is 0 Å². The molecule has 1 aliphatic rings. The lowest BCUT2D eigenvalue weighted by Gasteiger charge is -2.37. The summed E-state index contributed by atoms with van der Waals surface area (Å²) in [6, 6.07) is 7.81. The first-order chi connectivity index (χ1) is 14.7. The maximum atomic E-state index is 13.0. The van der Waals surface area contributed by atoms with Crippen molar-refractivity contribution < 1.29 is 18.0 Å². The minimum Gasteiger partial charge on any atom is -0.336 e. The number of alkyl halides is 3. The van der Waals surface area contributed by atoms with Gasteiger partial charge in [0.25, 0.3) is 5.91 Å². The monoisotopic (exact) mass is 452 g/mol. The first kappa shape index (κ1) is 23.6. The molecule has 0 spiro atoms. The molecule has 1 amide bonds. The highest BCUT2D eigenvalue weighted by Crippen LogP contribution is 2.34. The number of hydrogen-bond acceptors (Lipinski definition) is 5. The number of halogens is 3. The highest BCUT2D eigenvalue weighted by atomic mass is 32.2. The second kappa shape index (κ2) is 10.0. The third-order valence-corrected chi connectivity index (χ3v) is 6.33. The van der Waals surface area contributed by atoms with Crippen LogP contribution < -0.4 is 5.32 Å². The van der Waals surface area contributed by atoms with Gasteiger partial charge in [-0.05, 0) is 56.8 Å². The van der Waals surface area contributed by atoms with E-state index in [2.05, 4.69) is 29.0 Å². The van der Waals surface area contributed by atoms with Crippen molar-refractivity contribution in [3.63, 3.8) is 0 Å². The van der Waals surface area contributed by atoms with Crippen LogP contribution in [-0.4, -0.2) is 60.0 Å². The van der Waals surface area contributed by atoms with E-state index in [4.69, 9.17) is 0 Å². The zero-order chi connectivity index (χ0) is 22.6. The van der Waals surface area contributed by atoms with E-state index in [9.17, 15) is 18.0 Å². The van der Waals surface area contributed by atoms with Gasteiger partial charge < -0.3 is 10.2 Å². The van der Waals surface area contributed by atoms with Crippen molar-refractivity contribution in [2.45, 2.75) is 42.5 Å². The highest BCUT2D eigenvalue weighted by Gasteiger charge is 2.31. The average molecular weight is 453 g/mol. The van der Waals surface area contributed by atoms with E-state index in [0.29, 0.717) is 31.2 Å². The summed E-state index contributed by atoms with van der Waals surface area (Å²) >= 11 is 1.16. The van der Waals surface area contributed by atoms with Gasteiger partial charge in [0.2, 0.25) is 0 Å². The molecule has 0 atom stereocenters. The van der Waals surface area contributed by atoms with Crippen LogP contribution in [-0.2, 0) is 12.7 Å². The Morgan fingerprint density at radius 1 is 1.16 bits per heavy atom. The number of piperazine rings is 1. The zero-order valence-electron chi connectivity index (χ0n) is 17.9. The Labute approximate surface area is 185 Å². The van der Waals surface area contributed by atoms with Crippen molar-refractivity contribution in [3.8, 4) is 0 Å². The molecule has 2 heterocycles. The Morgan fingerprint density at radius 2 is 1.87 bits per heavy atom. The quantitative estimate of drug-likeness (QED) is 0.714. The maximum Gasteiger partial charge on any atom is 0.416 e. The Balaban J connectivity index is 1.78. The lowest BCUT2D eigenvalue weighted by atomic mass is 10.1. The van der Waals surface area contributed by atoms with Crippen molar-refractivity contribution in [1.29, 1.82) is 0 Å². The topological polar surface area (TPSA) is 48.5 Å². The molecular formula is C22H27F3N4OS. The van der Waals surface area contributed by atoms with Crippen LogP contribution in [0.25, 0.3) is 0 Å². The van der Waals surface area contributed by atoms with Gasteiger partial charge >= 0.3 is 6.18 Å². The molecule has 0 aliphatic carbocycles.